The van der Waals surface area contributed by atoms with Crippen LogP contribution in [0, 0.1) is 0 Å². The minimum Gasteiger partial charge on any atom is -0.504 e. The van der Waals surface area contributed by atoms with Crippen LogP contribution in [0.3, 0.4) is 0 Å². The number of rotatable bonds is 4. The van der Waals surface area contributed by atoms with Gasteiger partial charge in [-0.1, -0.05) is 0 Å². The number of methoxy groups -OCH3 is 1. The van der Waals surface area contributed by atoms with Gasteiger partial charge < -0.3 is 24.6 Å². The van der Waals surface area contributed by atoms with Crippen molar-refractivity contribution in [2.24, 2.45) is 0 Å². The van der Waals surface area contributed by atoms with Crippen LogP contribution in [0.2, 0.25) is 0 Å². The van der Waals surface area contributed by atoms with Crippen molar-refractivity contribution in [3.05, 3.63) is 17.7 Å². The van der Waals surface area contributed by atoms with Gasteiger partial charge >= 0.3 is 0 Å². The fraction of sp³-hybridized carbons (Fsp3) is 0.538. The first-order chi connectivity index (χ1) is 8.76. The molecule has 18 heavy (non-hydrogen) atoms. The summed E-state index contributed by atoms with van der Waals surface area (Å²) in [7, 11) is 1.51. The topological polar surface area (TPSA) is 60.0 Å². The molecule has 1 aromatic rings. The molecule has 5 nitrogen and oxygen atoms in total. The molecule has 0 saturated carbocycles. The molecular weight excluding hydrogens is 234 g/mol. The smallest absolute Gasteiger partial charge is 0.203 e. The third-order valence-corrected chi connectivity index (χ3v) is 2.86. The quantitative estimate of drug-likeness (QED) is 0.850. The number of nitrogens with one attached hydrogen (secondary N) is 1. The number of morpholine rings is 1. The van der Waals surface area contributed by atoms with Crippen molar-refractivity contribution < 1.29 is 19.3 Å². The van der Waals surface area contributed by atoms with E-state index in [1.807, 2.05) is 13.0 Å². The van der Waals surface area contributed by atoms with Crippen molar-refractivity contribution in [1.29, 1.82) is 0 Å². The van der Waals surface area contributed by atoms with Crippen LogP contribution in [0.1, 0.15) is 18.6 Å². The number of phenols is 1. The number of phenolic OH excluding ortho intramolecular Hbond substituents is 1. The lowest BCUT2D eigenvalue weighted by atomic mass is 10.1. The summed E-state index contributed by atoms with van der Waals surface area (Å²) in [5.41, 5.74) is 0.893. The lowest BCUT2D eigenvalue weighted by molar-refractivity contribution is 0.0274. The number of hydrogen-bond acceptors (Lipinski definition) is 5. The van der Waals surface area contributed by atoms with Gasteiger partial charge in [-0.25, -0.2) is 0 Å². The van der Waals surface area contributed by atoms with Gasteiger partial charge in [0.05, 0.1) is 26.4 Å². The summed E-state index contributed by atoms with van der Waals surface area (Å²) in [6, 6.07) is 3.53. The van der Waals surface area contributed by atoms with Crippen molar-refractivity contribution in [3.63, 3.8) is 0 Å². The summed E-state index contributed by atoms with van der Waals surface area (Å²) >= 11 is 0. The molecule has 1 unspecified atom stereocenters. The highest BCUT2D eigenvalue weighted by atomic mass is 16.5. The van der Waals surface area contributed by atoms with Crippen molar-refractivity contribution in [3.8, 4) is 17.2 Å². The van der Waals surface area contributed by atoms with Gasteiger partial charge in [-0.3, -0.25) is 0 Å². The van der Waals surface area contributed by atoms with E-state index in [2.05, 4.69) is 5.32 Å². The third-order valence-electron chi connectivity index (χ3n) is 2.86. The largest absolute Gasteiger partial charge is 0.504 e. The fourth-order valence-corrected chi connectivity index (χ4v) is 2.04. The van der Waals surface area contributed by atoms with Crippen molar-refractivity contribution in [2.75, 3.05) is 33.4 Å². The second-order valence-corrected chi connectivity index (χ2v) is 4.07. The van der Waals surface area contributed by atoms with E-state index in [9.17, 15) is 5.11 Å². The highest BCUT2D eigenvalue weighted by Gasteiger charge is 2.20. The summed E-state index contributed by atoms with van der Waals surface area (Å²) in [4.78, 5) is 0. The van der Waals surface area contributed by atoms with Gasteiger partial charge in [0.2, 0.25) is 5.75 Å². The van der Waals surface area contributed by atoms with Gasteiger partial charge in [-0.15, -0.1) is 0 Å². The SMILES string of the molecule is CCOc1cc(C2CNCCO2)cc(O)c1OC. The Bertz CT molecular complexity index is 402. The van der Waals surface area contributed by atoms with Gasteiger partial charge in [0.1, 0.15) is 0 Å². The standard InChI is InChI=1S/C13H19NO4/c1-3-17-11-7-9(6-10(15)13(11)16-2)12-8-14-4-5-18-12/h6-7,12,14-15H,3-5,8H2,1-2H3. The minimum atomic E-state index is -0.0604. The predicted molar refractivity (Wildman–Crippen MR) is 67.4 cm³/mol. The molecule has 0 aromatic heterocycles. The third kappa shape index (κ3) is 2.68. The van der Waals surface area contributed by atoms with Crippen molar-refractivity contribution >= 4 is 0 Å². The molecule has 5 heteroatoms. The van der Waals surface area contributed by atoms with Crippen LogP contribution in [0.15, 0.2) is 12.1 Å². The Morgan fingerprint density at radius 2 is 2.33 bits per heavy atom. The molecule has 1 aromatic carbocycles. The molecule has 1 saturated heterocycles. The molecule has 0 amide bonds. The molecule has 1 heterocycles. The van der Waals surface area contributed by atoms with Crippen molar-refractivity contribution in [2.45, 2.75) is 13.0 Å². The van der Waals surface area contributed by atoms with E-state index in [0.717, 1.165) is 18.7 Å². The summed E-state index contributed by atoms with van der Waals surface area (Å²) < 4.78 is 16.3. The second kappa shape index (κ2) is 5.93. The molecule has 1 fully saturated rings. The first-order valence-corrected chi connectivity index (χ1v) is 6.12. The molecule has 0 spiro atoms. The Kier molecular flexibility index (Phi) is 4.28. The summed E-state index contributed by atoms with van der Waals surface area (Å²) in [6.45, 7) is 4.67. The van der Waals surface area contributed by atoms with E-state index in [4.69, 9.17) is 14.2 Å². The summed E-state index contributed by atoms with van der Waals surface area (Å²) in [6.07, 6.45) is -0.0604. The lowest BCUT2D eigenvalue weighted by Gasteiger charge is -2.25. The first-order valence-electron chi connectivity index (χ1n) is 6.12. The van der Waals surface area contributed by atoms with Crippen LogP contribution >= 0.6 is 0 Å². The number of benzene rings is 1. The van der Waals surface area contributed by atoms with E-state index in [1.165, 1.54) is 7.11 Å². The van der Waals surface area contributed by atoms with Gasteiger partial charge in [0.15, 0.2) is 11.5 Å². The number of ether oxygens (including phenoxy) is 3. The molecule has 1 aliphatic heterocycles. The molecule has 0 aliphatic carbocycles. The summed E-state index contributed by atoms with van der Waals surface area (Å²) in [5.74, 6) is 0.987. The predicted octanol–water partition coefficient (Wildman–Crippen LogP) is 1.46. The average Bonchev–Trinajstić information content (AvgIpc) is 2.40. The average molecular weight is 253 g/mol. The van der Waals surface area contributed by atoms with Gasteiger partial charge in [-0.05, 0) is 24.6 Å². The maximum absolute atomic E-state index is 9.95. The monoisotopic (exact) mass is 253 g/mol. The van der Waals surface area contributed by atoms with Crippen LogP contribution < -0.4 is 14.8 Å². The Balaban J connectivity index is 2.30. The molecule has 0 radical (unpaired) electrons. The van der Waals surface area contributed by atoms with Crippen LogP contribution in [0.5, 0.6) is 17.2 Å². The summed E-state index contributed by atoms with van der Waals surface area (Å²) in [5, 5.41) is 13.2. The fourth-order valence-electron chi connectivity index (χ4n) is 2.04. The van der Waals surface area contributed by atoms with Crippen LogP contribution in [0.25, 0.3) is 0 Å². The zero-order chi connectivity index (χ0) is 13.0. The molecular formula is C13H19NO4. The lowest BCUT2D eigenvalue weighted by Crippen LogP contribution is -2.33. The Morgan fingerprint density at radius 1 is 1.50 bits per heavy atom. The maximum atomic E-state index is 9.95. The van der Waals surface area contributed by atoms with Gasteiger partial charge in [0, 0.05) is 13.1 Å². The molecule has 1 aliphatic rings. The zero-order valence-electron chi connectivity index (χ0n) is 10.7. The van der Waals surface area contributed by atoms with E-state index in [1.54, 1.807) is 6.07 Å². The highest BCUT2D eigenvalue weighted by molar-refractivity contribution is 5.53. The van der Waals surface area contributed by atoms with E-state index in [0.29, 0.717) is 24.7 Å². The molecule has 100 valence electrons. The van der Waals surface area contributed by atoms with Crippen LogP contribution in [-0.4, -0.2) is 38.5 Å². The number of aromatic hydroxyl groups is 1. The molecule has 0 bridgehead atoms. The molecule has 2 rings (SSSR count). The Hall–Kier alpha value is -1.46. The molecule has 1 atom stereocenters. The van der Waals surface area contributed by atoms with E-state index < -0.39 is 0 Å². The van der Waals surface area contributed by atoms with Gasteiger partial charge in [-0.2, -0.15) is 0 Å². The normalized spacial score (nSPS) is 19.6. The first kappa shape index (κ1) is 13.0. The Morgan fingerprint density at radius 3 is 2.94 bits per heavy atom. The minimum absolute atomic E-state index is 0.0604. The van der Waals surface area contributed by atoms with Gasteiger partial charge in [0.25, 0.3) is 0 Å². The van der Waals surface area contributed by atoms with E-state index in [-0.39, 0.29) is 11.9 Å². The number of hydrogen-bond donors (Lipinski definition) is 2. The molecule has 2 N–H and O–H groups in total. The Labute approximate surface area is 107 Å². The maximum Gasteiger partial charge on any atom is 0.203 e. The highest BCUT2D eigenvalue weighted by Crippen LogP contribution is 2.39. The van der Waals surface area contributed by atoms with Crippen LogP contribution in [0.4, 0.5) is 0 Å². The zero-order valence-corrected chi connectivity index (χ0v) is 10.7. The van der Waals surface area contributed by atoms with Crippen molar-refractivity contribution in [1.82, 2.24) is 5.32 Å². The van der Waals surface area contributed by atoms with Crippen LogP contribution in [-0.2, 0) is 4.74 Å². The second-order valence-electron chi connectivity index (χ2n) is 4.07. The van der Waals surface area contributed by atoms with E-state index >= 15 is 0 Å².